The predicted octanol–water partition coefficient (Wildman–Crippen LogP) is -2.78. The van der Waals surface area contributed by atoms with Gasteiger partial charge in [0.25, 0.3) is 0 Å². The molecule has 3 aromatic rings. The fourth-order valence-corrected chi connectivity index (χ4v) is 9.27. The smallest absolute Gasteiger partial charge is 0.338 e. The molecule has 30 heteroatoms. The van der Waals surface area contributed by atoms with Crippen molar-refractivity contribution in [1.29, 1.82) is 0 Å². The summed E-state index contributed by atoms with van der Waals surface area (Å²) in [6, 6.07) is 15.1. The minimum Gasteiger partial charge on any atom is -0.504 e. The van der Waals surface area contributed by atoms with Crippen LogP contribution < -0.4 is 9.47 Å². The summed E-state index contributed by atoms with van der Waals surface area (Å²) in [5.74, 6) is -8.92. The largest absolute Gasteiger partial charge is 0.504 e. The predicted molar refractivity (Wildman–Crippen MR) is 278 cm³/mol. The summed E-state index contributed by atoms with van der Waals surface area (Å²) in [6.45, 7) is -3.10. The summed E-state index contributed by atoms with van der Waals surface area (Å²) in [5, 5.41) is 120. The van der Waals surface area contributed by atoms with Gasteiger partial charge in [0.2, 0.25) is 5.79 Å². The van der Waals surface area contributed by atoms with Crippen LogP contribution in [0.3, 0.4) is 0 Å². The number of carbonyl (C=O) groups excluding carboxylic acids is 5. The molecule has 4 heterocycles. The number of benzene rings is 3. The van der Waals surface area contributed by atoms with Gasteiger partial charge < -0.3 is 122 Å². The van der Waals surface area contributed by atoms with Crippen LogP contribution in [0.15, 0.2) is 78.9 Å². The van der Waals surface area contributed by atoms with Crippen LogP contribution in [0.5, 0.6) is 23.0 Å². The number of hydrogen-bond donors (Lipinski definition) is 11. The standard InChI is InChI=1S/C55H66O30/c1-25(58)74-22-36-41(65)44(68)46(70)53(78-36)81-48-47(80-39(63)17-13-28-11-15-31(61)33(19-28)73-4)37(23-75-26(2)59)79-54(49(48)82-52-45(69)43(67)40(64)34(20-56)77-52)85-55(24-76-38(62)16-12-27-10-14-30(60)32(18-27)72-3)50(42(66)35(21-57)84-55)83-51(71)29-8-6-5-7-9-29/h5-19,34-37,40-50,52-54,56-57,60-61,64-70H,20-24H2,1-4H3/b16-12+,17-13+/t34-,35-,36-,37-,40-,41-,42-,43+,44+,45-,46-,47-,48+,49-,50+,52+,53+,54-,55+/m1/s1. The Kier molecular flexibility index (Phi) is 22.7. The average molecular weight is 1210 g/mol. The summed E-state index contributed by atoms with van der Waals surface area (Å²) in [7, 11) is 2.55. The third-order valence-corrected chi connectivity index (χ3v) is 13.7. The number of aromatic hydroxyl groups is 2. The molecule has 11 N–H and O–H groups in total. The van der Waals surface area contributed by atoms with Gasteiger partial charge >= 0.3 is 29.8 Å². The van der Waals surface area contributed by atoms with Gasteiger partial charge in [0.1, 0.15) is 99.2 Å². The number of methoxy groups -OCH3 is 2. The van der Waals surface area contributed by atoms with E-state index in [0.717, 1.165) is 26.0 Å². The fraction of sp³-hybridized carbons (Fsp3) is 0.509. The lowest BCUT2D eigenvalue weighted by molar-refractivity contribution is -0.421. The molecule has 4 fully saturated rings. The third kappa shape index (κ3) is 15.9. The molecule has 19 atom stereocenters. The second-order valence-electron chi connectivity index (χ2n) is 19.6. The number of ether oxygens (including phenoxy) is 14. The van der Waals surface area contributed by atoms with E-state index in [4.69, 9.17) is 66.3 Å². The van der Waals surface area contributed by atoms with Gasteiger partial charge in [-0.1, -0.05) is 30.3 Å². The van der Waals surface area contributed by atoms with E-state index in [0.29, 0.717) is 5.56 Å². The summed E-state index contributed by atoms with van der Waals surface area (Å²) >= 11 is 0. The third-order valence-electron chi connectivity index (χ3n) is 13.7. The molecular formula is C55H66O30. The van der Waals surface area contributed by atoms with Crippen LogP contribution in [0.4, 0.5) is 0 Å². The van der Waals surface area contributed by atoms with E-state index < -0.39 is 179 Å². The number of rotatable bonds is 23. The minimum absolute atomic E-state index is 0.00374. The Hall–Kier alpha value is -6.95. The number of esters is 5. The van der Waals surface area contributed by atoms with Gasteiger partial charge in [-0.25, -0.2) is 14.4 Å². The van der Waals surface area contributed by atoms with Crippen molar-refractivity contribution < 1.29 is 146 Å². The molecule has 4 aliphatic heterocycles. The SMILES string of the molecule is COc1cc(/C=C/C(=O)OC[C@@]2(O[C@H]3O[C@H](COC(C)=O)[C@@H](OC(=O)/C=C/c4ccc(O)c(OC)c4)[C@H](O[C@@H]4O[C@H](COC(C)=O)[C@@H](O)[C@H](O)[C@H]4O)[C@H]3O[C@@H]3O[C@H](CO)[C@@H](O)[C@H](O)[C@H]3O)O[C@H](CO)[C@@H](O)[C@@H]2OC(=O)c2ccccc2)ccc1O. The molecule has 0 spiro atoms. The van der Waals surface area contributed by atoms with Crippen molar-refractivity contribution in [3.8, 4) is 23.0 Å². The zero-order valence-electron chi connectivity index (χ0n) is 45.8. The van der Waals surface area contributed by atoms with Crippen molar-refractivity contribution in [3.63, 3.8) is 0 Å². The van der Waals surface area contributed by atoms with Gasteiger partial charge in [-0.3, -0.25) is 9.59 Å². The van der Waals surface area contributed by atoms with Gasteiger partial charge in [-0.15, -0.1) is 0 Å². The Bertz CT molecular complexity index is 2810. The molecule has 30 nitrogen and oxygen atoms in total. The first-order chi connectivity index (χ1) is 40.5. The first kappa shape index (κ1) is 65.6. The van der Waals surface area contributed by atoms with Crippen LogP contribution in [0.25, 0.3) is 12.2 Å². The van der Waals surface area contributed by atoms with E-state index in [1.54, 1.807) is 6.07 Å². The molecule has 4 aliphatic rings. The molecule has 4 saturated heterocycles. The van der Waals surface area contributed by atoms with Crippen molar-refractivity contribution >= 4 is 42.0 Å². The average Bonchev–Trinajstić information content (AvgIpc) is 2.16. The highest BCUT2D eigenvalue weighted by Gasteiger charge is 2.64. The normalized spacial score (nSPS) is 33.0. The molecule has 0 unspecified atom stereocenters. The highest BCUT2D eigenvalue weighted by Crippen LogP contribution is 2.42. The number of phenols is 2. The van der Waals surface area contributed by atoms with Crippen molar-refractivity contribution in [3.05, 3.63) is 95.6 Å². The quantitative estimate of drug-likeness (QED) is 0.0260. The number of aliphatic hydroxyl groups excluding tert-OH is 9. The summed E-state index contributed by atoms with van der Waals surface area (Å²) in [4.78, 5) is 66.6. The topological polar surface area (TPSA) is 437 Å². The second kappa shape index (κ2) is 29.4. The van der Waals surface area contributed by atoms with Crippen LogP contribution in [0.1, 0.15) is 35.3 Å². The first-order valence-corrected chi connectivity index (χ1v) is 26.1. The Balaban J connectivity index is 1.40. The lowest BCUT2D eigenvalue weighted by Gasteiger charge is -2.50. The van der Waals surface area contributed by atoms with Crippen LogP contribution in [0.2, 0.25) is 0 Å². The molecule has 3 aromatic carbocycles. The molecule has 0 radical (unpaired) electrons. The zero-order chi connectivity index (χ0) is 61.9. The molecule has 0 saturated carbocycles. The zero-order valence-corrected chi connectivity index (χ0v) is 45.8. The van der Waals surface area contributed by atoms with Crippen molar-refractivity contribution in [1.82, 2.24) is 0 Å². The van der Waals surface area contributed by atoms with E-state index in [2.05, 4.69) is 0 Å². The number of phenolic OH excluding ortho intramolecular Hbond substituents is 2. The Labute approximate surface area is 483 Å². The maximum absolute atomic E-state index is 14.2. The maximum Gasteiger partial charge on any atom is 0.338 e. The van der Waals surface area contributed by atoms with Crippen molar-refractivity contribution in [2.24, 2.45) is 0 Å². The fourth-order valence-electron chi connectivity index (χ4n) is 9.27. The summed E-state index contributed by atoms with van der Waals surface area (Å²) < 4.78 is 81.8. The van der Waals surface area contributed by atoms with Crippen molar-refractivity contribution in [2.45, 2.75) is 130 Å². The molecule has 0 bridgehead atoms. The molecule has 466 valence electrons. The monoisotopic (exact) mass is 1210 g/mol. The Morgan fingerprint density at radius 3 is 1.59 bits per heavy atom. The van der Waals surface area contributed by atoms with Crippen LogP contribution in [0, 0.1) is 0 Å². The van der Waals surface area contributed by atoms with E-state index >= 15 is 0 Å². The van der Waals surface area contributed by atoms with Crippen LogP contribution in [-0.2, 0) is 76.0 Å². The van der Waals surface area contributed by atoms with E-state index in [-0.39, 0.29) is 34.1 Å². The summed E-state index contributed by atoms with van der Waals surface area (Å²) in [5.41, 5.74) is 0.427. The van der Waals surface area contributed by atoms with Crippen LogP contribution in [-0.4, -0.2) is 249 Å². The van der Waals surface area contributed by atoms with E-state index in [9.17, 15) is 80.1 Å². The maximum atomic E-state index is 14.2. The molecular weight excluding hydrogens is 1140 g/mol. The molecule has 0 aromatic heterocycles. The van der Waals surface area contributed by atoms with Crippen LogP contribution >= 0.6 is 0 Å². The molecule has 7 rings (SSSR count). The highest BCUT2D eigenvalue weighted by atomic mass is 16.8. The minimum atomic E-state index is -2.95. The first-order valence-electron chi connectivity index (χ1n) is 26.1. The second-order valence-corrected chi connectivity index (χ2v) is 19.6. The number of carbonyl (C=O) groups is 5. The number of aliphatic hydroxyl groups is 9. The summed E-state index contributed by atoms with van der Waals surface area (Å²) in [6.07, 6.45) is -34.0. The van der Waals surface area contributed by atoms with Gasteiger partial charge in [0, 0.05) is 26.0 Å². The Morgan fingerprint density at radius 2 is 1.05 bits per heavy atom. The van der Waals surface area contributed by atoms with Gasteiger partial charge in [0.05, 0.1) is 33.0 Å². The van der Waals surface area contributed by atoms with E-state index in [1.807, 2.05) is 0 Å². The highest BCUT2D eigenvalue weighted by molar-refractivity contribution is 5.90. The Morgan fingerprint density at radius 1 is 0.541 bits per heavy atom. The molecule has 0 amide bonds. The molecule has 85 heavy (non-hydrogen) atoms. The number of hydrogen-bond acceptors (Lipinski definition) is 30. The van der Waals surface area contributed by atoms with Crippen molar-refractivity contribution in [2.75, 3.05) is 47.3 Å². The van der Waals surface area contributed by atoms with Gasteiger partial charge in [-0.05, 0) is 59.7 Å². The molecule has 0 aliphatic carbocycles. The lowest BCUT2D eigenvalue weighted by Crippen LogP contribution is -2.69. The van der Waals surface area contributed by atoms with E-state index in [1.165, 1.54) is 87.0 Å². The van der Waals surface area contributed by atoms with Gasteiger partial charge in [0.15, 0.2) is 54.1 Å². The van der Waals surface area contributed by atoms with Gasteiger partial charge in [-0.2, -0.15) is 0 Å². The lowest BCUT2D eigenvalue weighted by atomic mass is 9.95.